The zero-order chi connectivity index (χ0) is 20.0. The van der Waals surface area contributed by atoms with E-state index in [1.54, 1.807) is 11.2 Å². The number of carbonyl (C=O) groups is 1. The van der Waals surface area contributed by atoms with Gasteiger partial charge in [0, 0.05) is 16.1 Å². The predicted molar refractivity (Wildman–Crippen MR) is 111 cm³/mol. The Labute approximate surface area is 172 Å². The molecule has 1 aliphatic rings. The third-order valence-electron chi connectivity index (χ3n) is 5.29. The van der Waals surface area contributed by atoms with Crippen molar-refractivity contribution in [2.45, 2.75) is 19.5 Å². The lowest BCUT2D eigenvalue weighted by Gasteiger charge is -2.26. The molecule has 0 aliphatic carbocycles. The number of halogens is 1. The highest BCUT2D eigenvalue weighted by atomic mass is 35.5. The maximum Gasteiger partial charge on any atom is 0.273 e. The quantitative estimate of drug-likeness (QED) is 0.497. The molecule has 144 valence electrons. The number of rotatable bonds is 4. The fourth-order valence-corrected chi connectivity index (χ4v) is 4.12. The number of aryl methyl sites for hydroxylation is 1. The summed E-state index contributed by atoms with van der Waals surface area (Å²) in [6.45, 7) is 2.39. The van der Waals surface area contributed by atoms with Gasteiger partial charge in [0.2, 0.25) is 0 Å². The van der Waals surface area contributed by atoms with Crippen molar-refractivity contribution in [1.29, 1.82) is 0 Å². The van der Waals surface area contributed by atoms with Gasteiger partial charge >= 0.3 is 0 Å². The molecule has 1 atom stereocenters. The van der Waals surface area contributed by atoms with Crippen molar-refractivity contribution in [3.05, 3.63) is 100 Å². The van der Waals surface area contributed by atoms with Gasteiger partial charge in [0.1, 0.15) is 11.5 Å². The van der Waals surface area contributed by atoms with E-state index in [2.05, 4.69) is 10.2 Å². The van der Waals surface area contributed by atoms with Crippen LogP contribution in [0.5, 0.6) is 0 Å². The molecule has 2 aromatic heterocycles. The van der Waals surface area contributed by atoms with Crippen LogP contribution in [0.25, 0.3) is 11.3 Å². The minimum atomic E-state index is -0.355. The second-order valence-electron chi connectivity index (χ2n) is 7.16. The van der Waals surface area contributed by atoms with Gasteiger partial charge < -0.3 is 9.32 Å². The lowest BCUT2D eigenvalue weighted by molar-refractivity contribution is 0.0717. The number of fused-ring (bicyclic) bond motifs is 1. The van der Waals surface area contributed by atoms with Crippen molar-refractivity contribution in [2.24, 2.45) is 0 Å². The standard InChI is InChI=1S/C23H18ClN3O2/c1-14-8-10-15(11-9-14)20-19-21(26-25-20)23(28)27(13-16-5-4-12-29-16)22(19)17-6-2-3-7-18(17)24/h2-12,22H,13H2,1H3,(H,25,26). The number of aromatic nitrogens is 2. The molecule has 0 saturated heterocycles. The van der Waals surface area contributed by atoms with Crippen LogP contribution in [0.2, 0.25) is 5.02 Å². The van der Waals surface area contributed by atoms with E-state index in [1.165, 1.54) is 5.56 Å². The molecule has 0 radical (unpaired) electrons. The summed E-state index contributed by atoms with van der Waals surface area (Å²) in [6, 6.07) is 19.1. The van der Waals surface area contributed by atoms with Crippen molar-refractivity contribution < 1.29 is 9.21 Å². The summed E-state index contributed by atoms with van der Waals surface area (Å²) in [5.74, 6) is 0.595. The van der Waals surface area contributed by atoms with E-state index in [-0.39, 0.29) is 11.9 Å². The molecule has 1 amide bonds. The number of benzene rings is 2. The average Bonchev–Trinajstić information content (AvgIpc) is 3.44. The third kappa shape index (κ3) is 2.95. The SMILES string of the molecule is Cc1ccc(-c2n[nH]c3c2C(c2ccccc2Cl)N(Cc2ccco2)C3=O)cc1. The monoisotopic (exact) mass is 403 g/mol. The summed E-state index contributed by atoms with van der Waals surface area (Å²) >= 11 is 6.56. The van der Waals surface area contributed by atoms with Crippen LogP contribution in [0.3, 0.4) is 0 Å². The molecule has 6 heteroatoms. The topological polar surface area (TPSA) is 62.1 Å². The van der Waals surface area contributed by atoms with Crippen LogP contribution in [0.15, 0.2) is 71.3 Å². The molecule has 29 heavy (non-hydrogen) atoms. The molecular weight excluding hydrogens is 386 g/mol. The molecule has 0 spiro atoms. The zero-order valence-electron chi connectivity index (χ0n) is 15.7. The summed E-state index contributed by atoms with van der Waals surface area (Å²) in [7, 11) is 0. The first-order chi connectivity index (χ1) is 14.1. The van der Waals surface area contributed by atoms with Gasteiger partial charge in [-0.3, -0.25) is 9.89 Å². The number of hydrogen-bond donors (Lipinski definition) is 1. The molecule has 1 N–H and O–H groups in total. The van der Waals surface area contributed by atoms with Crippen molar-refractivity contribution in [1.82, 2.24) is 15.1 Å². The number of hydrogen-bond acceptors (Lipinski definition) is 3. The van der Waals surface area contributed by atoms with E-state index in [0.717, 1.165) is 22.4 Å². The van der Waals surface area contributed by atoms with Crippen LogP contribution in [0.1, 0.15) is 39.0 Å². The lowest BCUT2D eigenvalue weighted by atomic mass is 9.95. The smallest absolute Gasteiger partial charge is 0.273 e. The fourth-order valence-electron chi connectivity index (χ4n) is 3.88. The molecular formula is C23H18ClN3O2. The van der Waals surface area contributed by atoms with Crippen molar-refractivity contribution in [3.63, 3.8) is 0 Å². The molecule has 4 aromatic rings. The molecule has 5 nitrogen and oxygen atoms in total. The Morgan fingerprint density at radius 3 is 2.62 bits per heavy atom. The van der Waals surface area contributed by atoms with Crippen LogP contribution in [-0.4, -0.2) is 21.0 Å². The van der Waals surface area contributed by atoms with Crippen LogP contribution >= 0.6 is 11.6 Å². The van der Waals surface area contributed by atoms with Gasteiger partial charge in [-0.05, 0) is 30.7 Å². The molecule has 3 heterocycles. The van der Waals surface area contributed by atoms with E-state index < -0.39 is 0 Å². The lowest BCUT2D eigenvalue weighted by Crippen LogP contribution is -2.29. The largest absolute Gasteiger partial charge is 0.467 e. The van der Waals surface area contributed by atoms with Crippen LogP contribution in [0.4, 0.5) is 0 Å². The van der Waals surface area contributed by atoms with Gasteiger partial charge in [-0.15, -0.1) is 0 Å². The number of furan rings is 1. The second kappa shape index (κ2) is 6.94. The predicted octanol–water partition coefficient (Wildman–Crippen LogP) is 5.38. The third-order valence-corrected chi connectivity index (χ3v) is 5.64. The summed E-state index contributed by atoms with van der Waals surface area (Å²) in [4.78, 5) is 15.1. The van der Waals surface area contributed by atoms with E-state index in [9.17, 15) is 4.79 Å². The highest BCUT2D eigenvalue weighted by Gasteiger charge is 2.43. The summed E-state index contributed by atoms with van der Waals surface area (Å²) in [5.41, 5.74) is 5.09. The Hall–Kier alpha value is -3.31. The number of nitrogens with zero attached hydrogens (tertiary/aromatic N) is 2. The number of carbonyl (C=O) groups excluding carboxylic acids is 1. The van der Waals surface area contributed by atoms with E-state index in [1.807, 2.05) is 67.6 Å². The normalized spacial score (nSPS) is 15.7. The second-order valence-corrected chi connectivity index (χ2v) is 7.57. The van der Waals surface area contributed by atoms with E-state index in [0.29, 0.717) is 23.0 Å². The van der Waals surface area contributed by atoms with Crippen LogP contribution < -0.4 is 0 Å². The Morgan fingerprint density at radius 2 is 1.90 bits per heavy atom. The first-order valence-corrected chi connectivity index (χ1v) is 9.74. The number of nitrogens with one attached hydrogen (secondary N) is 1. The van der Waals surface area contributed by atoms with E-state index in [4.69, 9.17) is 16.0 Å². The van der Waals surface area contributed by atoms with Gasteiger partial charge in [0.15, 0.2) is 0 Å². The molecule has 0 fully saturated rings. The Morgan fingerprint density at radius 1 is 1.10 bits per heavy atom. The number of aromatic amines is 1. The molecule has 5 rings (SSSR count). The van der Waals surface area contributed by atoms with Crippen molar-refractivity contribution in [2.75, 3.05) is 0 Å². The average molecular weight is 404 g/mol. The summed E-state index contributed by atoms with van der Waals surface area (Å²) < 4.78 is 5.51. The van der Waals surface area contributed by atoms with Gasteiger partial charge in [-0.1, -0.05) is 59.6 Å². The van der Waals surface area contributed by atoms with Gasteiger partial charge in [0.05, 0.1) is 24.5 Å². The first kappa shape index (κ1) is 17.8. The van der Waals surface area contributed by atoms with Crippen LogP contribution in [-0.2, 0) is 6.54 Å². The highest BCUT2D eigenvalue weighted by molar-refractivity contribution is 6.31. The molecule has 1 unspecified atom stereocenters. The Bertz CT molecular complexity index is 1180. The molecule has 2 aromatic carbocycles. The zero-order valence-corrected chi connectivity index (χ0v) is 16.5. The number of amides is 1. The van der Waals surface area contributed by atoms with Crippen molar-refractivity contribution in [3.8, 4) is 11.3 Å². The minimum Gasteiger partial charge on any atom is -0.467 e. The van der Waals surface area contributed by atoms with Gasteiger partial charge in [-0.25, -0.2) is 0 Å². The summed E-state index contributed by atoms with van der Waals surface area (Å²) in [6.07, 6.45) is 1.61. The fraction of sp³-hybridized carbons (Fsp3) is 0.130. The molecule has 1 aliphatic heterocycles. The minimum absolute atomic E-state index is 0.118. The number of H-pyrrole nitrogens is 1. The van der Waals surface area contributed by atoms with Crippen molar-refractivity contribution >= 4 is 17.5 Å². The van der Waals surface area contributed by atoms with E-state index >= 15 is 0 Å². The molecule has 0 bridgehead atoms. The maximum absolute atomic E-state index is 13.3. The Balaban J connectivity index is 1.68. The highest BCUT2D eigenvalue weighted by Crippen LogP contribution is 2.45. The Kier molecular flexibility index (Phi) is 4.25. The van der Waals surface area contributed by atoms with Gasteiger partial charge in [0.25, 0.3) is 5.91 Å². The molecule has 0 saturated carbocycles. The maximum atomic E-state index is 13.3. The van der Waals surface area contributed by atoms with Gasteiger partial charge in [-0.2, -0.15) is 5.10 Å². The first-order valence-electron chi connectivity index (χ1n) is 9.36. The van der Waals surface area contributed by atoms with Crippen LogP contribution in [0, 0.1) is 6.92 Å². The summed E-state index contributed by atoms with van der Waals surface area (Å²) in [5, 5.41) is 8.06.